The first kappa shape index (κ1) is 24.2. The van der Waals surface area contributed by atoms with Gasteiger partial charge in [0, 0.05) is 51.0 Å². The summed E-state index contributed by atoms with van der Waals surface area (Å²) in [6, 6.07) is 10.3. The summed E-state index contributed by atoms with van der Waals surface area (Å²) in [4.78, 5) is 44.1. The van der Waals surface area contributed by atoms with Gasteiger partial charge >= 0.3 is 0 Å². The van der Waals surface area contributed by atoms with Crippen LogP contribution in [0.2, 0.25) is 0 Å². The second-order valence-corrected chi connectivity index (χ2v) is 10.2. The summed E-state index contributed by atoms with van der Waals surface area (Å²) in [5, 5.41) is 0. The summed E-state index contributed by atoms with van der Waals surface area (Å²) >= 11 is 0. The molecule has 1 unspecified atom stereocenters. The molecule has 2 amide bonds. The lowest BCUT2D eigenvalue weighted by Gasteiger charge is -2.33. The number of pyridine rings is 1. The molecule has 1 atom stereocenters. The van der Waals surface area contributed by atoms with Crippen molar-refractivity contribution in [2.24, 2.45) is 5.92 Å². The molecule has 1 aromatic heterocycles. The fourth-order valence-corrected chi connectivity index (χ4v) is 5.24. The minimum absolute atomic E-state index is 0.120. The molecule has 2 aromatic rings. The van der Waals surface area contributed by atoms with Crippen molar-refractivity contribution in [3.63, 3.8) is 0 Å². The molecule has 0 aliphatic carbocycles. The van der Waals surface area contributed by atoms with Crippen molar-refractivity contribution in [2.75, 3.05) is 26.2 Å². The van der Waals surface area contributed by atoms with Crippen LogP contribution in [-0.4, -0.2) is 52.4 Å². The first-order chi connectivity index (χ1) is 16.4. The Morgan fingerprint density at radius 1 is 0.853 bits per heavy atom. The number of piperidine rings is 1. The molecule has 34 heavy (non-hydrogen) atoms. The number of likely N-dealkylation sites (tertiary alicyclic amines) is 2. The van der Waals surface area contributed by atoms with E-state index in [0.717, 1.165) is 38.5 Å². The van der Waals surface area contributed by atoms with Crippen molar-refractivity contribution in [3.05, 3.63) is 69.6 Å². The molecule has 0 saturated carbocycles. The SMILES string of the molecule is CC(C)Cn1cc(C(=O)N2CCCCCC2)c(=O)c(C(=O)N2CCCC(c3ccccc3)C2)c1. The monoisotopic (exact) mass is 463 g/mol. The molecule has 0 N–H and O–H groups in total. The zero-order chi connectivity index (χ0) is 24.1. The highest BCUT2D eigenvalue weighted by molar-refractivity contribution is 5.99. The van der Waals surface area contributed by atoms with Crippen LogP contribution in [0.4, 0.5) is 0 Å². The number of carbonyl (C=O) groups excluding carboxylic acids is 2. The van der Waals surface area contributed by atoms with Gasteiger partial charge < -0.3 is 14.4 Å². The summed E-state index contributed by atoms with van der Waals surface area (Å²) in [6.45, 7) is 7.40. The number of carbonyl (C=O) groups is 2. The average molecular weight is 464 g/mol. The van der Waals surface area contributed by atoms with Crippen molar-refractivity contribution >= 4 is 11.8 Å². The van der Waals surface area contributed by atoms with E-state index in [1.54, 1.807) is 22.2 Å². The smallest absolute Gasteiger partial charge is 0.259 e. The molecular formula is C28H37N3O3. The third-order valence-electron chi connectivity index (χ3n) is 6.99. The summed E-state index contributed by atoms with van der Waals surface area (Å²) < 4.78 is 1.86. The zero-order valence-corrected chi connectivity index (χ0v) is 20.5. The Bertz CT molecular complexity index is 1050. The number of nitrogens with zero attached hydrogens (tertiary/aromatic N) is 3. The van der Waals surface area contributed by atoms with Crippen molar-refractivity contribution in [3.8, 4) is 0 Å². The minimum atomic E-state index is -0.430. The largest absolute Gasteiger partial charge is 0.352 e. The predicted octanol–water partition coefficient (Wildman–Crippen LogP) is 4.54. The Labute approximate surface area is 202 Å². The maximum absolute atomic E-state index is 13.6. The standard InChI is InChI=1S/C28H37N3O3/c1-21(2)17-29-19-24(27(33)30-14-8-3-4-9-15-30)26(32)25(20-29)28(34)31-16-10-13-23(18-31)22-11-6-5-7-12-22/h5-7,11-12,19-21,23H,3-4,8-10,13-18H2,1-2H3. The van der Waals surface area contributed by atoms with Crippen molar-refractivity contribution in [1.82, 2.24) is 14.4 Å². The first-order valence-electron chi connectivity index (χ1n) is 12.8. The van der Waals surface area contributed by atoms with Gasteiger partial charge in [-0.05, 0) is 37.2 Å². The number of rotatable bonds is 5. The molecule has 6 nitrogen and oxygen atoms in total. The quantitative estimate of drug-likeness (QED) is 0.654. The van der Waals surface area contributed by atoms with E-state index in [-0.39, 0.29) is 28.9 Å². The third kappa shape index (κ3) is 5.60. The van der Waals surface area contributed by atoms with Crippen molar-refractivity contribution < 1.29 is 9.59 Å². The summed E-state index contributed by atoms with van der Waals surface area (Å²) in [5.74, 6) is 0.0938. The molecule has 1 aromatic carbocycles. The van der Waals surface area contributed by atoms with Gasteiger partial charge in [0.15, 0.2) is 0 Å². The van der Waals surface area contributed by atoms with Crippen LogP contribution in [0.1, 0.15) is 84.6 Å². The minimum Gasteiger partial charge on any atom is -0.352 e. The molecule has 6 heteroatoms. The van der Waals surface area contributed by atoms with Crippen molar-refractivity contribution in [2.45, 2.75) is 64.8 Å². The highest BCUT2D eigenvalue weighted by Gasteiger charge is 2.29. The van der Waals surface area contributed by atoms with E-state index in [4.69, 9.17) is 0 Å². The molecule has 0 spiro atoms. The second-order valence-electron chi connectivity index (χ2n) is 10.2. The van der Waals surface area contributed by atoms with E-state index in [1.165, 1.54) is 5.56 Å². The van der Waals surface area contributed by atoms with Gasteiger partial charge in [-0.25, -0.2) is 0 Å². The van der Waals surface area contributed by atoms with Crippen LogP contribution < -0.4 is 5.43 Å². The molecule has 2 saturated heterocycles. The highest BCUT2D eigenvalue weighted by atomic mass is 16.2. The van der Waals surface area contributed by atoms with Crippen LogP contribution in [0.15, 0.2) is 47.5 Å². The van der Waals surface area contributed by atoms with Gasteiger partial charge in [-0.2, -0.15) is 0 Å². The molecule has 2 aliphatic heterocycles. The van der Waals surface area contributed by atoms with E-state index in [9.17, 15) is 14.4 Å². The van der Waals surface area contributed by atoms with Gasteiger partial charge in [-0.3, -0.25) is 14.4 Å². The van der Waals surface area contributed by atoms with E-state index in [2.05, 4.69) is 26.0 Å². The molecule has 2 fully saturated rings. The highest BCUT2D eigenvalue weighted by Crippen LogP contribution is 2.27. The first-order valence-corrected chi connectivity index (χ1v) is 12.8. The number of hydrogen-bond donors (Lipinski definition) is 0. The molecule has 4 rings (SSSR count). The predicted molar refractivity (Wildman–Crippen MR) is 134 cm³/mol. The van der Waals surface area contributed by atoms with Crippen LogP contribution in [0.3, 0.4) is 0 Å². The van der Waals surface area contributed by atoms with Crippen LogP contribution in [0, 0.1) is 5.92 Å². The lowest BCUT2D eigenvalue weighted by molar-refractivity contribution is 0.0704. The molecular weight excluding hydrogens is 426 g/mol. The summed E-state index contributed by atoms with van der Waals surface area (Å²) in [7, 11) is 0. The van der Waals surface area contributed by atoms with Gasteiger partial charge in [-0.1, -0.05) is 57.0 Å². The van der Waals surface area contributed by atoms with Crippen LogP contribution in [0.25, 0.3) is 0 Å². The zero-order valence-electron chi connectivity index (χ0n) is 20.5. The van der Waals surface area contributed by atoms with E-state index in [1.807, 2.05) is 22.8 Å². The van der Waals surface area contributed by atoms with Crippen molar-refractivity contribution in [1.29, 1.82) is 0 Å². The number of hydrogen-bond acceptors (Lipinski definition) is 3. The Morgan fingerprint density at radius 2 is 1.44 bits per heavy atom. The van der Waals surface area contributed by atoms with Gasteiger partial charge in [0.1, 0.15) is 11.1 Å². The number of aromatic nitrogens is 1. The van der Waals surface area contributed by atoms with Gasteiger partial charge in [0.05, 0.1) is 0 Å². The van der Waals surface area contributed by atoms with Crippen LogP contribution in [0.5, 0.6) is 0 Å². The fraction of sp³-hybridized carbons (Fsp3) is 0.536. The Kier molecular flexibility index (Phi) is 7.86. The lowest BCUT2D eigenvalue weighted by Crippen LogP contribution is -2.43. The van der Waals surface area contributed by atoms with Gasteiger partial charge in [0.25, 0.3) is 11.8 Å². The third-order valence-corrected chi connectivity index (χ3v) is 6.99. The van der Waals surface area contributed by atoms with Gasteiger partial charge in [0.2, 0.25) is 5.43 Å². The fourth-order valence-electron chi connectivity index (χ4n) is 5.24. The second kappa shape index (κ2) is 11.0. The molecule has 2 aliphatic rings. The number of benzene rings is 1. The topological polar surface area (TPSA) is 62.6 Å². The Morgan fingerprint density at radius 3 is 2.06 bits per heavy atom. The molecule has 3 heterocycles. The maximum Gasteiger partial charge on any atom is 0.259 e. The number of amides is 2. The maximum atomic E-state index is 13.6. The summed E-state index contributed by atoms with van der Waals surface area (Å²) in [5.41, 5.74) is 1.04. The van der Waals surface area contributed by atoms with Crippen LogP contribution >= 0.6 is 0 Å². The average Bonchev–Trinajstić information content (AvgIpc) is 3.14. The Balaban J connectivity index is 1.64. The van der Waals surface area contributed by atoms with E-state index < -0.39 is 5.43 Å². The summed E-state index contributed by atoms with van der Waals surface area (Å²) in [6.07, 6.45) is 9.38. The van der Waals surface area contributed by atoms with E-state index in [0.29, 0.717) is 38.6 Å². The molecule has 0 radical (unpaired) electrons. The van der Waals surface area contributed by atoms with Gasteiger partial charge in [-0.15, -0.1) is 0 Å². The lowest BCUT2D eigenvalue weighted by atomic mass is 9.90. The van der Waals surface area contributed by atoms with E-state index >= 15 is 0 Å². The molecule has 182 valence electrons. The normalized spacial score (nSPS) is 19.2. The molecule has 0 bridgehead atoms. The Hall–Kier alpha value is -2.89. The van der Waals surface area contributed by atoms with Crippen LogP contribution in [-0.2, 0) is 6.54 Å².